The largest absolute Gasteiger partial charge is 0.294 e. The van der Waals surface area contributed by atoms with E-state index in [1.807, 2.05) is 66.7 Å². The quantitative estimate of drug-likeness (QED) is 0.482. The van der Waals surface area contributed by atoms with E-state index in [1.165, 1.54) is 29.2 Å². The van der Waals surface area contributed by atoms with E-state index in [-0.39, 0.29) is 16.5 Å². The van der Waals surface area contributed by atoms with Crippen molar-refractivity contribution >= 4 is 33.6 Å². The molecule has 0 atom stereocenters. The van der Waals surface area contributed by atoms with Crippen molar-refractivity contribution in [2.45, 2.75) is 4.90 Å². The van der Waals surface area contributed by atoms with Crippen LogP contribution < -0.4 is 4.90 Å². The third-order valence-electron chi connectivity index (χ3n) is 4.63. The van der Waals surface area contributed by atoms with Crippen molar-refractivity contribution in [3.8, 4) is 0 Å². The van der Waals surface area contributed by atoms with E-state index in [0.717, 1.165) is 11.1 Å². The van der Waals surface area contributed by atoms with Crippen molar-refractivity contribution in [1.29, 1.82) is 0 Å². The van der Waals surface area contributed by atoms with Crippen LogP contribution in [-0.4, -0.2) is 24.7 Å². The fourth-order valence-corrected chi connectivity index (χ4v) is 3.61. The van der Waals surface area contributed by atoms with Gasteiger partial charge in [0.1, 0.15) is 11.5 Å². The smallest absolute Gasteiger partial charge is 0.282 e. The Hall–Kier alpha value is -3.81. The fourth-order valence-electron chi connectivity index (χ4n) is 3.13. The Morgan fingerprint density at radius 2 is 1.45 bits per heavy atom. The monoisotopic (exact) mass is 430 g/mol. The highest BCUT2D eigenvalue weighted by Crippen LogP contribution is 2.27. The summed E-state index contributed by atoms with van der Waals surface area (Å²) in [5.74, 6) is 0.0979. The van der Waals surface area contributed by atoms with Crippen LogP contribution in [0.15, 0.2) is 113 Å². The van der Waals surface area contributed by atoms with E-state index in [2.05, 4.69) is 4.99 Å². The molecule has 1 aliphatic heterocycles. The normalized spacial score (nSPS) is 15.6. The van der Waals surface area contributed by atoms with Crippen LogP contribution in [0.3, 0.4) is 0 Å². The van der Waals surface area contributed by atoms with E-state index in [4.69, 9.17) is 0 Å². The van der Waals surface area contributed by atoms with Gasteiger partial charge in [0.25, 0.3) is 16.0 Å². The van der Waals surface area contributed by atoms with Crippen LogP contribution >= 0.6 is 0 Å². The van der Waals surface area contributed by atoms with Crippen molar-refractivity contribution in [3.05, 3.63) is 114 Å². The molecule has 1 heterocycles. The van der Waals surface area contributed by atoms with Crippen LogP contribution in [0.2, 0.25) is 0 Å². The van der Waals surface area contributed by atoms with Gasteiger partial charge in [-0.15, -0.1) is 0 Å². The maximum atomic E-state index is 13.2. The van der Waals surface area contributed by atoms with Crippen LogP contribution in [-0.2, 0) is 14.9 Å². The van der Waals surface area contributed by atoms with E-state index >= 15 is 0 Å². The van der Waals surface area contributed by atoms with Crippen LogP contribution in [0.25, 0.3) is 6.08 Å². The highest BCUT2D eigenvalue weighted by molar-refractivity contribution is 7.85. The Morgan fingerprint density at radius 3 is 2.06 bits per heavy atom. The number of hydrogen-bond donors (Lipinski definition) is 1. The molecule has 4 rings (SSSR count). The molecule has 1 amide bonds. The van der Waals surface area contributed by atoms with Gasteiger partial charge in [-0.3, -0.25) is 14.2 Å². The van der Waals surface area contributed by atoms with Crippen LogP contribution in [0.5, 0.6) is 0 Å². The van der Waals surface area contributed by atoms with Crippen LogP contribution in [0.4, 0.5) is 5.69 Å². The van der Waals surface area contributed by atoms with Gasteiger partial charge in [0.05, 0.1) is 10.6 Å². The third-order valence-corrected chi connectivity index (χ3v) is 5.50. The summed E-state index contributed by atoms with van der Waals surface area (Å²) in [4.78, 5) is 18.9. The maximum absolute atomic E-state index is 13.2. The Bertz CT molecular complexity index is 1290. The molecule has 0 aromatic heterocycles. The molecule has 3 aromatic carbocycles. The predicted molar refractivity (Wildman–Crippen MR) is 120 cm³/mol. The van der Waals surface area contributed by atoms with Gasteiger partial charge in [0, 0.05) is 5.56 Å². The number of anilines is 1. The molecular formula is C24H18N2O4S. The van der Waals surface area contributed by atoms with Gasteiger partial charge in [-0.25, -0.2) is 4.99 Å². The van der Waals surface area contributed by atoms with E-state index < -0.39 is 10.1 Å². The standard InChI is InChI=1S/C24H18N2O4S/c27-24-22(13-7-10-18-8-3-1-4-9-18)25-23(19-11-5-2-6-12-19)26(24)20-14-16-21(17-15-20)31(28,29)30/h1-17H,(H,28,29,30). The Labute approximate surface area is 180 Å². The molecular weight excluding hydrogens is 412 g/mol. The minimum atomic E-state index is -4.33. The number of amides is 1. The second-order valence-corrected chi connectivity index (χ2v) is 8.15. The summed E-state index contributed by atoms with van der Waals surface area (Å²) in [5, 5.41) is 0. The minimum absolute atomic E-state index is 0.248. The topological polar surface area (TPSA) is 87.0 Å². The summed E-state index contributed by atoms with van der Waals surface area (Å²) >= 11 is 0. The molecule has 1 aliphatic rings. The number of nitrogens with zero attached hydrogens (tertiary/aromatic N) is 2. The first-order valence-corrected chi connectivity index (χ1v) is 10.9. The molecule has 0 bridgehead atoms. The SMILES string of the molecule is O=C1C(=CC=Cc2ccccc2)N=C(c2ccccc2)N1c1ccc(S(=O)(=O)O)cc1. The average Bonchev–Trinajstić information content (AvgIpc) is 3.11. The van der Waals surface area contributed by atoms with E-state index in [1.54, 1.807) is 12.2 Å². The lowest BCUT2D eigenvalue weighted by Crippen LogP contribution is -2.32. The number of rotatable bonds is 5. The molecule has 3 aromatic rings. The van der Waals surface area contributed by atoms with Gasteiger partial charge in [-0.1, -0.05) is 72.8 Å². The molecule has 0 fully saturated rings. The molecule has 6 nitrogen and oxygen atoms in total. The first-order valence-electron chi connectivity index (χ1n) is 9.43. The molecule has 31 heavy (non-hydrogen) atoms. The summed E-state index contributed by atoms with van der Waals surface area (Å²) in [5.41, 5.74) is 2.43. The minimum Gasteiger partial charge on any atom is -0.282 e. The maximum Gasteiger partial charge on any atom is 0.294 e. The summed E-state index contributed by atoms with van der Waals surface area (Å²) in [6.07, 6.45) is 5.28. The molecule has 0 radical (unpaired) electrons. The number of carbonyl (C=O) groups is 1. The predicted octanol–water partition coefficient (Wildman–Crippen LogP) is 4.32. The number of hydrogen-bond acceptors (Lipinski definition) is 4. The summed E-state index contributed by atoms with van der Waals surface area (Å²) in [7, 11) is -4.33. The van der Waals surface area contributed by atoms with E-state index in [9.17, 15) is 17.8 Å². The number of carbonyl (C=O) groups excluding carboxylic acids is 1. The highest BCUT2D eigenvalue weighted by Gasteiger charge is 2.32. The lowest BCUT2D eigenvalue weighted by Gasteiger charge is -2.18. The summed E-state index contributed by atoms with van der Waals surface area (Å²) in [6, 6.07) is 24.3. The van der Waals surface area contributed by atoms with E-state index in [0.29, 0.717) is 11.5 Å². The molecule has 0 unspecified atom stereocenters. The second kappa shape index (κ2) is 8.51. The zero-order valence-electron chi connectivity index (χ0n) is 16.3. The highest BCUT2D eigenvalue weighted by atomic mass is 32.2. The first kappa shape index (κ1) is 20.5. The number of amidine groups is 1. The molecule has 0 saturated heterocycles. The number of aliphatic imine (C=N–C) groups is 1. The van der Waals surface area contributed by atoms with Crippen molar-refractivity contribution in [1.82, 2.24) is 0 Å². The molecule has 0 saturated carbocycles. The Kier molecular flexibility index (Phi) is 5.62. The van der Waals surface area contributed by atoms with Gasteiger partial charge in [0.15, 0.2) is 0 Å². The molecule has 0 spiro atoms. The Balaban J connectivity index is 1.72. The van der Waals surface area contributed by atoms with Crippen LogP contribution in [0.1, 0.15) is 11.1 Å². The molecule has 1 N–H and O–H groups in total. The zero-order valence-corrected chi connectivity index (χ0v) is 17.1. The fraction of sp³-hybridized carbons (Fsp3) is 0. The van der Waals surface area contributed by atoms with Crippen molar-refractivity contribution < 1.29 is 17.8 Å². The Morgan fingerprint density at radius 1 is 0.839 bits per heavy atom. The second-order valence-electron chi connectivity index (χ2n) is 6.73. The molecule has 154 valence electrons. The third kappa shape index (κ3) is 4.53. The summed E-state index contributed by atoms with van der Waals surface area (Å²) < 4.78 is 31.9. The lowest BCUT2D eigenvalue weighted by atomic mass is 10.2. The number of allylic oxidation sites excluding steroid dienone is 2. The van der Waals surface area contributed by atoms with Crippen molar-refractivity contribution in [2.24, 2.45) is 4.99 Å². The van der Waals surface area contributed by atoms with Crippen molar-refractivity contribution in [3.63, 3.8) is 0 Å². The first-order chi connectivity index (χ1) is 14.9. The van der Waals surface area contributed by atoms with Gasteiger partial charge >= 0.3 is 0 Å². The van der Waals surface area contributed by atoms with Gasteiger partial charge in [0.2, 0.25) is 0 Å². The van der Waals surface area contributed by atoms with Gasteiger partial charge < -0.3 is 0 Å². The van der Waals surface area contributed by atoms with Gasteiger partial charge in [-0.2, -0.15) is 8.42 Å². The average molecular weight is 430 g/mol. The summed E-state index contributed by atoms with van der Waals surface area (Å²) in [6.45, 7) is 0. The van der Waals surface area contributed by atoms with Crippen LogP contribution in [0, 0.1) is 0 Å². The van der Waals surface area contributed by atoms with Gasteiger partial charge in [-0.05, 0) is 35.9 Å². The molecule has 7 heteroatoms. The van der Waals surface area contributed by atoms with Crippen molar-refractivity contribution in [2.75, 3.05) is 4.90 Å². The lowest BCUT2D eigenvalue weighted by molar-refractivity contribution is -0.113. The zero-order chi connectivity index (χ0) is 21.8. The molecule has 0 aliphatic carbocycles. The number of benzene rings is 3.